The van der Waals surface area contributed by atoms with Gasteiger partial charge in [0.2, 0.25) is 0 Å². The van der Waals surface area contributed by atoms with Gasteiger partial charge in [0.15, 0.2) is 0 Å². The van der Waals surface area contributed by atoms with Gasteiger partial charge in [-0.2, -0.15) is 0 Å². The molecule has 0 aliphatic heterocycles. The van der Waals surface area contributed by atoms with Crippen molar-refractivity contribution in [2.75, 3.05) is 4.90 Å². The fourth-order valence-electron chi connectivity index (χ4n) is 9.42. The molecule has 11 aromatic carbocycles. The van der Waals surface area contributed by atoms with Crippen LogP contribution >= 0.6 is 0 Å². The number of anilines is 3. The fraction of sp³-hybridized carbons (Fsp3) is 0.0159. The quantitative estimate of drug-likeness (QED) is 0.140. The van der Waals surface area contributed by atoms with Crippen molar-refractivity contribution < 1.29 is 0 Å². The van der Waals surface area contributed by atoms with Crippen LogP contribution in [0.5, 0.6) is 0 Å². The van der Waals surface area contributed by atoms with Crippen molar-refractivity contribution in [3.8, 4) is 66.8 Å². The molecular formula is C63H47N. The molecule has 0 heterocycles. The molecule has 11 aromatic rings. The predicted octanol–water partition coefficient (Wildman–Crippen LogP) is 18.1. The zero-order chi connectivity index (χ0) is 42.0. The van der Waals surface area contributed by atoms with Crippen molar-refractivity contribution in [3.63, 3.8) is 0 Å². The van der Waals surface area contributed by atoms with Crippen molar-refractivity contribution in [1.29, 1.82) is 0 Å². The van der Waals surface area contributed by atoms with Gasteiger partial charge >= 0.3 is 0 Å². The third kappa shape index (κ3) is 7.34. The Hall–Kier alpha value is -8.26. The zero-order valence-corrected chi connectivity index (χ0v) is 34.8. The van der Waals surface area contributed by atoms with E-state index in [-0.39, 0.29) is 7.43 Å². The lowest BCUT2D eigenvalue weighted by molar-refractivity contribution is 1.30. The molecule has 0 unspecified atom stereocenters. The van der Waals surface area contributed by atoms with Crippen molar-refractivity contribution in [2.45, 2.75) is 7.43 Å². The maximum absolute atomic E-state index is 2.40. The third-order valence-corrected chi connectivity index (χ3v) is 12.3. The Morgan fingerprint density at radius 3 is 1.16 bits per heavy atom. The molecule has 0 saturated heterocycles. The Morgan fingerprint density at radius 2 is 0.609 bits per heavy atom. The zero-order valence-electron chi connectivity index (χ0n) is 34.8. The van der Waals surface area contributed by atoms with Gasteiger partial charge in [0.05, 0.1) is 5.69 Å². The Kier molecular flexibility index (Phi) is 11.0. The molecule has 0 aliphatic rings. The van der Waals surface area contributed by atoms with Crippen LogP contribution in [0.25, 0.3) is 88.3 Å². The Labute approximate surface area is 376 Å². The monoisotopic (exact) mass is 817 g/mol. The maximum Gasteiger partial charge on any atom is 0.0540 e. The highest BCUT2D eigenvalue weighted by Gasteiger charge is 2.26. The summed E-state index contributed by atoms with van der Waals surface area (Å²) in [5, 5.41) is 4.86. The van der Waals surface area contributed by atoms with Crippen molar-refractivity contribution in [1.82, 2.24) is 0 Å². The van der Waals surface area contributed by atoms with Crippen LogP contribution < -0.4 is 4.90 Å². The Bertz CT molecular complexity index is 3320. The van der Waals surface area contributed by atoms with Gasteiger partial charge in [0.1, 0.15) is 0 Å². The molecule has 0 aliphatic carbocycles. The fourth-order valence-corrected chi connectivity index (χ4v) is 9.42. The Morgan fingerprint density at radius 1 is 0.234 bits per heavy atom. The number of hydrogen-bond acceptors (Lipinski definition) is 1. The van der Waals surface area contributed by atoms with Crippen molar-refractivity contribution >= 4 is 38.6 Å². The predicted molar refractivity (Wildman–Crippen MR) is 275 cm³/mol. The topological polar surface area (TPSA) is 3.24 Å². The van der Waals surface area contributed by atoms with Crippen LogP contribution in [-0.2, 0) is 0 Å². The molecule has 0 atom stereocenters. The molecule has 0 N–H and O–H groups in total. The van der Waals surface area contributed by atoms with Gasteiger partial charge in [-0.25, -0.2) is 0 Å². The second kappa shape index (κ2) is 17.6. The van der Waals surface area contributed by atoms with Crippen LogP contribution in [-0.4, -0.2) is 0 Å². The normalized spacial score (nSPS) is 11.0. The average molecular weight is 818 g/mol. The second-order valence-electron chi connectivity index (χ2n) is 16.0. The van der Waals surface area contributed by atoms with Crippen LogP contribution in [0, 0.1) is 0 Å². The van der Waals surface area contributed by atoms with E-state index in [1.54, 1.807) is 0 Å². The molecular weight excluding hydrogens is 771 g/mol. The van der Waals surface area contributed by atoms with Crippen LogP contribution in [0.2, 0.25) is 0 Å². The first-order valence-electron chi connectivity index (χ1n) is 21.7. The molecule has 11 rings (SSSR count). The van der Waals surface area contributed by atoms with Crippen molar-refractivity contribution in [3.05, 3.63) is 261 Å². The smallest absolute Gasteiger partial charge is 0.0540 e. The van der Waals surface area contributed by atoms with E-state index in [0.717, 1.165) is 22.6 Å². The molecule has 1 heteroatoms. The minimum Gasteiger partial charge on any atom is -0.310 e. The van der Waals surface area contributed by atoms with E-state index < -0.39 is 0 Å². The molecule has 0 bridgehead atoms. The lowest BCUT2D eigenvalue weighted by Crippen LogP contribution is -2.10. The lowest BCUT2D eigenvalue weighted by Gasteiger charge is -2.28. The van der Waals surface area contributed by atoms with E-state index in [1.807, 2.05) is 0 Å². The number of hydrogen-bond donors (Lipinski definition) is 0. The SMILES string of the molecule is C.c1ccc(-c2ccc(N(c3ccc(-c4cccc5c(-c6ccccc6)c(-c6ccccc6)c(-c6ccccc6)c(-c6ccccc6)c45)cc3)c3cccc4ccccc34)cc2)cc1. The summed E-state index contributed by atoms with van der Waals surface area (Å²) in [4.78, 5) is 2.40. The first-order valence-corrected chi connectivity index (χ1v) is 21.7. The summed E-state index contributed by atoms with van der Waals surface area (Å²) in [5.41, 5.74) is 17.7. The van der Waals surface area contributed by atoms with Crippen LogP contribution in [0.15, 0.2) is 261 Å². The molecule has 304 valence electrons. The number of fused-ring (bicyclic) bond motifs is 2. The van der Waals surface area contributed by atoms with Gasteiger partial charge in [-0.1, -0.05) is 238 Å². The first-order chi connectivity index (χ1) is 31.3. The number of nitrogens with zero attached hydrogens (tertiary/aromatic N) is 1. The van der Waals surface area contributed by atoms with Crippen LogP contribution in [0.1, 0.15) is 7.43 Å². The van der Waals surface area contributed by atoms with Gasteiger partial charge in [0, 0.05) is 16.8 Å². The van der Waals surface area contributed by atoms with Crippen molar-refractivity contribution in [2.24, 2.45) is 0 Å². The van der Waals surface area contributed by atoms with E-state index >= 15 is 0 Å². The molecule has 1 nitrogen and oxygen atoms in total. The Balaban J connectivity index is 0.00000484. The maximum atomic E-state index is 2.40. The minimum atomic E-state index is 0. The molecule has 0 spiro atoms. The van der Waals surface area contributed by atoms with Gasteiger partial charge in [0.25, 0.3) is 0 Å². The molecule has 0 aromatic heterocycles. The molecule has 64 heavy (non-hydrogen) atoms. The number of rotatable bonds is 9. The summed E-state index contributed by atoms with van der Waals surface area (Å²) < 4.78 is 0. The summed E-state index contributed by atoms with van der Waals surface area (Å²) in [6.07, 6.45) is 0. The molecule has 0 radical (unpaired) electrons. The van der Waals surface area contributed by atoms with E-state index in [0.29, 0.717) is 0 Å². The van der Waals surface area contributed by atoms with Crippen LogP contribution in [0.4, 0.5) is 17.1 Å². The highest BCUT2D eigenvalue weighted by Crippen LogP contribution is 2.53. The summed E-state index contributed by atoms with van der Waals surface area (Å²) in [5.74, 6) is 0. The lowest BCUT2D eigenvalue weighted by atomic mass is 9.77. The summed E-state index contributed by atoms with van der Waals surface area (Å²) in [7, 11) is 0. The second-order valence-corrected chi connectivity index (χ2v) is 16.0. The molecule has 0 fully saturated rings. The van der Waals surface area contributed by atoms with Crippen LogP contribution in [0.3, 0.4) is 0 Å². The molecule has 0 amide bonds. The van der Waals surface area contributed by atoms with Gasteiger partial charge in [-0.3, -0.25) is 0 Å². The highest BCUT2D eigenvalue weighted by atomic mass is 15.1. The summed E-state index contributed by atoms with van der Waals surface area (Å²) in [6.45, 7) is 0. The van der Waals surface area contributed by atoms with E-state index in [2.05, 4.69) is 266 Å². The van der Waals surface area contributed by atoms with Gasteiger partial charge < -0.3 is 4.90 Å². The van der Waals surface area contributed by atoms with E-state index in [1.165, 1.54) is 82.7 Å². The molecule has 0 saturated carbocycles. The van der Waals surface area contributed by atoms with E-state index in [9.17, 15) is 0 Å². The van der Waals surface area contributed by atoms with Gasteiger partial charge in [-0.05, 0) is 113 Å². The highest BCUT2D eigenvalue weighted by molar-refractivity contribution is 6.22. The standard InChI is InChI=1S/C62H43N.CH4/c1-6-20-44(21-7-1)45-36-40-52(41-37-45)63(57-35-18-31-46-22-16-17-32-54(46)57)53-42-38-47(39-43-53)55-33-19-34-56-58(48-23-8-2-9-24-48)59(49-25-10-3-11-26-49)60(50-27-12-4-13-28-50)61(62(55)56)51-29-14-5-15-30-51;/h1-43H;1H4. The van der Waals surface area contributed by atoms with E-state index in [4.69, 9.17) is 0 Å². The largest absolute Gasteiger partial charge is 0.310 e. The summed E-state index contributed by atoms with van der Waals surface area (Å²) >= 11 is 0. The third-order valence-electron chi connectivity index (χ3n) is 12.3. The van der Waals surface area contributed by atoms with Gasteiger partial charge in [-0.15, -0.1) is 0 Å². The number of benzene rings is 11. The minimum absolute atomic E-state index is 0. The first kappa shape index (κ1) is 39.9. The summed E-state index contributed by atoms with van der Waals surface area (Å²) in [6, 6.07) is 94.7. The average Bonchev–Trinajstić information content (AvgIpc) is 3.37.